The van der Waals surface area contributed by atoms with Crippen molar-refractivity contribution < 1.29 is 0 Å². The summed E-state index contributed by atoms with van der Waals surface area (Å²) >= 11 is 7.05. The third kappa shape index (κ3) is 3.19. The average molecular weight is 407 g/mol. The molecule has 0 aliphatic carbocycles. The summed E-state index contributed by atoms with van der Waals surface area (Å²) in [5.41, 5.74) is 3.01. The van der Waals surface area contributed by atoms with Gasteiger partial charge in [-0.1, -0.05) is 34.1 Å². The second-order valence-corrected chi connectivity index (χ2v) is 6.43. The lowest BCUT2D eigenvalue weighted by atomic mass is 10.3. The Morgan fingerprint density at radius 2 is 1.81 bits per heavy atom. The Bertz CT molecular complexity index is 766. The molecule has 0 aliphatic rings. The highest BCUT2D eigenvalue weighted by atomic mass is 79.9. The van der Waals surface area contributed by atoms with Crippen molar-refractivity contribution in [2.24, 2.45) is 0 Å². The van der Waals surface area contributed by atoms with E-state index < -0.39 is 0 Å². The number of hydrogen-bond acceptors (Lipinski definition) is 2. The zero-order valence-electron chi connectivity index (χ0n) is 11.3. The minimum absolute atomic E-state index is 0.789. The van der Waals surface area contributed by atoms with E-state index in [0.717, 1.165) is 32.0 Å². The van der Waals surface area contributed by atoms with E-state index in [1.807, 2.05) is 54.1 Å². The molecule has 0 atom stereocenters. The third-order valence-electron chi connectivity index (χ3n) is 3.04. The summed E-state index contributed by atoms with van der Waals surface area (Å²) in [7, 11) is 0. The van der Waals surface area contributed by atoms with Crippen LogP contribution in [0, 0.1) is 6.92 Å². The number of nitrogens with zero attached hydrogens (tertiary/aromatic N) is 2. The van der Waals surface area contributed by atoms with Crippen molar-refractivity contribution in [3.05, 3.63) is 69.4 Å². The second kappa shape index (κ2) is 6.03. The van der Waals surface area contributed by atoms with Crippen LogP contribution < -0.4 is 5.32 Å². The number of imidazole rings is 1. The van der Waals surface area contributed by atoms with Gasteiger partial charge in [0, 0.05) is 20.8 Å². The molecule has 106 valence electrons. The molecular formula is C16H13Br2N3. The molecule has 1 N–H and O–H groups in total. The molecule has 0 radical (unpaired) electrons. The fourth-order valence-electron chi connectivity index (χ4n) is 2.09. The van der Waals surface area contributed by atoms with Crippen LogP contribution in [0.25, 0.3) is 5.69 Å². The van der Waals surface area contributed by atoms with Gasteiger partial charge in [0.1, 0.15) is 0 Å². The third-order valence-corrected chi connectivity index (χ3v) is 4.22. The van der Waals surface area contributed by atoms with Gasteiger partial charge in [-0.2, -0.15) is 0 Å². The van der Waals surface area contributed by atoms with Crippen molar-refractivity contribution in [1.82, 2.24) is 9.55 Å². The van der Waals surface area contributed by atoms with Gasteiger partial charge in [-0.05, 0) is 53.2 Å². The summed E-state index contributed by atoms with van der Waals surface area (Å²) in [6.45, 7) is 1.99. The molecule has 0 aliphatic heterocycles. The molecule has 0 spiro atoms. The molecular weight excluding hydrogens is 394 g/mol. The van der Waals surface area contributed by atoms with E-state index in [0.29, 0.717) is 0 Å². The van der Waals surface area contributed by atoms with E-state index in [9.17, 15) is 0 Å². The molecule has 3 nitrogen and oxygen atoms in total. The van der Waals surface area contributed by atoms with Gasteiger partial charge < -0.3 is 5.32 Å². The Kier molecular flexibility index (Phi) is 4.12. The highest BCUT2D eigenvalue weighted by Crippen LogP contribution is 2.29. The van der Waals surface area contributed by atoms with Crippen LogP contribution in [-0.2, 0) is 0 Å². The number of anilines is 2. The van der Waals surface area contributed by atoms with Crippen LogP contribution in [0.4, 0.5) is 11.6 Å². The first kappa shape index (κ1) is 14.4. The van der Waals surface area contributed by atoms with Gasteiger partial charge in [-0.3, -0.25) is 4.57 Å². The normalized spacial score (nSPS) is 10.6. The minimum Gasteiger partial charge on any atom is -0.324 e. The molecule has 0 fully saturated rings. The van der Waals surface area contributed by atoms with Gasteiger partial charge in [-0.25, -0.2) is 4.98 Å². The number of aryl methyl sites for hydroxylation is 1. The van der Waals surface area contributed by atoms with Gasteiger partial charge >= 0.3 is 0 Å². The molecule has 1 heterocycles. The molecule has 1 aromatic heterocycles. The minimum atomic E-state index is 0.789. The van der Waals surface area contributed by atoms with Gasteiger partial charge in [0.25, 0.3) is 0 Å². The first-order valence-electron chi connectivity index (χ1n) is 6.47. The maximum atomic E-state index is 4.57. The quantitative estimate of drug-likeness (QED) is 0.626. The molecule has 0 saturated carbocycles. The zero-order chi connectivity index (χ0) is 14.8. The van der Waals surface area contributed by atoms with E-state index in [4.69, 9.17) is 0 Å². The van der Waals surface area contributed by atoms with Crippen molar-refractivity contribution in [2.75, 3.05) is 5.32 Å². The highest BCUT2D eigenvalue weighted by molar-refractivity contribution is 9.11. The first-order valence-corrected chi connectivity index (χ1v) is 8.05. The van der Waals surface area contributed by atoms with Crippen LogP contribution in [0.2, 0.25) is 0 Å². The van der Waals surface area contributed by atoms with Crippen molar-refractivity contribution in [1.29, 1.82) is 0 Å². The van der Waals surface area contributed by atoms with Crippen LogP contribution in [0.3, 0.4) is 0 Å². The molecule has 0 amide bonds. The SMILES string of the molecule is Cc1cn(-c2ccccc2)c(Nc2cc(Br)ccc2Br)n1. The average Bonchev–Trinajstić information content (AvgIpc) is 2.85. The number of rotatable bonds is 3. The van der Waals surface area contributed by atoms with E-state index in [-0.39, 0.29) is 0 Å². The standard InChI is InChI=1S/C16H13Br2N3/c1-11-10-21(13-5-3-2-4-6-13)16(19-11)20-15-9-12(17)7-8-14(15)18/h2-10H,1H3,(H,19,20). The Labute approximate surface area is 140 Å². The molecule has 3 rings (SSSR count). The predicted octanol–water partition coefficient (Wildman–Crippen LogP) is 5.45. The van der Waals surface area contributed by atoms with E-state index >= 15 is 0 Å². The largest absolute Gasteiger partial charge is 0.324 e. The highest BCUT2D eigenvalue weighted by Gasteiger charge is 2.09. The first-order chi connectivity index (χ1) is 10.1. The Morgan fingerprint density at radius 1 is 1.05 bits per heavy atom. The summed E-state index contributed by atoms with van der Waals surface area (Å²) in [6.07, 6.45) is 2.02. The molecule has 2 aromatic carbocycles. The van der Waals surface area contributed by atoms with Gasteiger partial charge in [0.2, 0.25) is 5.95 Å². The van der Waals surface area contributed by atoms with Crippen LogP contribution in [0.5, 0.6) is 0 Å². The van der Waals surface area contributed by atoms with Crippen molar-refractivity contribution in [3.63, 3.8) is 0 Å². The molecule has 0 saturated heterocycles. The number of nitrogens with one attached hydrogen (secondary N) is 1. The summed E-state index contributed by atoms with van der Waals surface area (Å²) < 4.78 is 4.05. The van der Waals surface area contributed by atoms with Gasteiger partial charge in [0.05, 0.1) is 11.4 Å². The fourth-order valence-corrected chi connectivity index (χ4v) is 2.79. The smallest absolute Gasteiger partial charge is 0.212 e. The monoisotopic (exact) mass is 405 g/mol. The number of aromatic nitrogens is 2. The lowest BCUT2D eigenvalue weighted by Crippen LogP contribution is -2.01. The van der Waals surface area contributed by atoms with Gasteiger partial charge in [0.15, 0.2) is 0 Å². The van der Waals surface area contributed by atoms with Crippen LogP contribution in [0.15, 0.2) is 63.7 Å². The predicted molar refractivity (Wildman–Crippen MR) is 93.4 cm³/mol. The van der Waals surface area contributed by atoms with Crippen LogP contribution >= 0.6 is 31.9 Å². The zero-order valence-corrected chi connectivity index (χ0v) is 14.5. The Hall–Kier alpha value is -1.59. The van der Waals surface area contributed by atoms with Crippen molar-refractivity contribution >= 4 is 43.5 Å². The topological polar surface area (TPSA) is 29.9 Å². The second-order valence-electron chi connectivity index (χ2n) is 4.66. The van der Waals surface area contributed by atoms with Crippen LogP contribution in [0.1, 0.15) is 5.69 Å². The maximum absolute atomic E-state index is 4.57. The molecule has 3 aromatic rings. The summed E-state index contributed by atoms with van der Waals surface area (Å²) in [4.78, 5) is 4.57. The maximum Gasteiger partial charge on any atom is 0.212 e. The molecule has 0 bridgehead atoms. The number of hydrogen-bond donors (Lipinski definition) is 1. The summed E-state index contributed by atoms with van der Waals surface area (Å²) in [5.74, 6) is 0.789. The Balaban J connectivity index is 2.02. The van der Waals surface area contributed by atoms with Crippen molar-refractivity contribution in [2.45, 2.75) is 6.92 Å². The number of halogens is 2. The number of benzene rings is 2. The van der Waals surface area contributed by atoms with E-state index in [1.165, 1.54) is 0 Å². The number of para-hydroxylation sites is 1. The van der Waals surface area contributed by atoms with Crippen molar-refractivity contribution in [3.8, 4) is 5.69 Å². The fraction of sp³-hybridized carbons (Fsp3) is 0.0625. The van der Waals surface area contributed by atoms with Crippen LogP contribution in [-0.4, -0.2) is 9.55 Å². The molecule has 0 unspecified atom stereocenters. The van der Waals surface area contributed by atoms with E-state index in [1.54, 1.807) is 0 Å². The lowest BCUT2D eigenvalue weighted by molar-refractivity contribution is 1.06. The molecule has 5 heteroatoms. The summed E-state index contributed by atoms with van der Waals surface area (Å²) in [6, 6.07) is 16.2. The summed E-state index contributed by atoms with van der Waals surface area (Å²) in [5, 5.41) is 3.38. The van der Waals surface area contributed by atoms with E-state index in [2.05, 4.69) is 54.3 Å². The Morgan fingerprint density at radius 3 is 2.57 bits per heavy atom. The molecule has 21 heavy (non-hydrogen) atoms. The van der Waals surface area contributed by atoms with Gasteiger partial charge in [-0.15, -0.1) is 0 Å². The lowest BCUT2D eigenvalue weighted by Gasteiger charge is -2.11.